The molecule has 0 aromatic rings. The molecule has 0 rings (SSSR count). The number of nitrogens with one attached hydrogen (secondary N) is 1. The quantitative estimate of drug-likeness (QED) is 0.0321. The molecule has 6 heteroatoms. The normalized spacial score (nSPS) is 12.7. The molecule has 70 heavy (non-hydrogen) atoms. The van der Waals surface area contributed by atoms with Gasteiger partial charge in [0, 0.05) is 12.8 Å². The minimum absolute atomic E-state index is 0.000240. The van der Waals surface area contributed by atoms with Crippen molar-refractivity contribution in [2.24, 2.45) is 0 Å². The zero-order valence-electron chi connectivity index (χ0n) is 47.3. The van der Waals surface area contributed by atoms with Crippen LogP contribution in [0.15, 0.2) is 24.3 Å². The standard InChI is InChI=1S/C64H123NO5/c1-3-5-7-9-11-13-15-17-19-21-23-25-30-34-38-42-46-50-54-58-64(69)70-59-55-51-47-43-39-35-31-27-26-29-33-37-41-45-49-53-57-63(68)65-61(60-66)62(67)56-52-48-44-40-36-32-28-24-22-20-18-16-14-12-10-8-6-4-2/h11,13,17,19,61-62,66-67H,3-10,12,14-16,18,20-60H2,1-2H3,(H,65,68)/b13-11-,19-17-. The van der Waals surface area contributed by atoms with Crippen LogP contribution in [0.5, 0.6) is 0 Å². The molecular weight excluding hydrogens is 863 g/mol. The SMILES string of the molecule is CCCCC/C=C\C/C=C\CCCCCCCCCCCC(=O)OCCCCCCCCCCCCCCCCCCC(=O)NC(CO)C(O)CCCCCCCCCCCCCCCCCCCC. The minimum Gasteiger partial charge on any atom is -0.466 e. The lowest BCUT2D eigenvalue weighted by atomic mass is 10.0. The van der Waals surface area contributed by atoms with Crippen molar-refractivity contribution in [1.82, 2.24) is 5.32 Å². The van der Waals surface area contributed by atoms with E-state index in [0.29, 0.717) is 25.9 Å². The molecule has 0 fully saturated rings. The summed E-state index contributed by atoms with van der Waals surface area (Å²) in [6.07, 6.45) is 73.2. The smallest absolute Gasteiger partial charge is 0.305 e. The predicted octanol–water partition coefficient (Wildman–Crippen LogP) is 19.8. The maximum Gasteiger partial charge on any atom is 0.305 e. The highest BCUT2D eigenvalue weighted by Crippen LogP contribution is 2.18. The number of aliphatic hydroxyl groups is 2. The first-order chi connectivity index (χ1) is 34.5. The first-order valence-corrected chi connectivity index (χ1v) is 31.6. The van der Waals surface area contributed by atoms with Crippen LogP contribution in [-0.4, -0.2) is 47.4 Å². The van der Waals surface area contributed by atoms with Crippen LogP contribution < -0.4 is 5.32 Å². The maximum atomic E-state index is 12.5. The van der Waals surface area contributed by atoms with Crippen molar-refractivity contribution in [3.63, 3.8) is 0 Å². The molecule has 0 aliphatic rings. The van der Waals surface area contributed by atoms with Crippen LogP contribution in [-0.2, 0) is 14.3 Å². The zero-order chi connectivity index (χ0) is 50.7. The molecular formula is C64H123NO5. The number of aliphatic hydroxyl groups excluding tert-OH is 2. The number of hydrogen-bond acceptors (Lipinski definition) is 5. The highest BCUT2D eigenvalue weighted by Gasteiger charge is 2.20. The van der Waals surface area contributed by atoms with Crippen molar-refractivity contribution in [3.05, 3.63) is 24.3 Å². The monoisotopic (exact) mass is 986 g/mol. The summed E-state index contributed by atoms with van der Waals surface area (Å²) in [6.45, 7) is 4.94. The Morgan fingerprint density at radius 2 is 0.714 bits per heavy atom. The number of carbonyl (C=O) groups excluding carboxylic acids is 2. The third-order valence-corrected chi connectivity index (χ3v) is 14.8. The van der Waals surface area contributed by atoms with Gasteiger partial charge in [0.2, 0.25) is 5.91 Å². The Kier molecular flexibility index (Phi) is 58.5. The predicted molar refractivity (Wildman–Crippen MR) is 306 cm³/mol. The van der Waals surface area contributed by atoms with Crippen LogP contribution in [0.25, 0.3) is 0 Å². The topological polar surface area (TPSA) is 95.9 Å². The van der Waals surface area contributed by atoms with Gasteiger partial charge in [-0.15, -0.1) is 0 Å². The summed E-state index contributed by atoms with van der Waals surface area (Å²) in [5, 5.41) is 23.3. The average Bonchev–Trinajstić information content (AvgIpc) is 3.36. The number of allylic oxidation sites excluding steroid dienone is 4. The van der Waals surface area contributed by atoms with Gasteiger partial charge in [-0.3, -0.25) is 9.59 Å². The van der Waals surface area contributed by atoms with E-state index in [1.54, 1.807) is 0 Å². The summed E-state index contributed by atoms with van der Waals surface area (Å²) in [5.74, 6) is -0.0387. The molecule has 2 atom stereocenters. The molecule has 0 heterocycles. The van der Waals surface area contributed by atoms with E-state index in [2.05, 4.69) is 43.5 Å². The number of unbranched alkanes of at least 4 members (excludes halogenated alkanes) is 44. The summed E-state index contributed by atoms with van der Waals surface area (Å²) in [5.41, 5.74) is 0. The van der Waals surface area contributed by atoms with E-state index in [4.69, 9.17) is 4.74 Å². The van der Waals surface area contributed by atoms with E-state index < -0.39 is 12.1 Å². The van der Waals surface area contributed by atoms with E-state index in [-0.39, 0.29) is 18.5 Å². The Hall–Kier alpha value is -1.66. The number of amides is 1. The number of ether oxygens (including phenoxy) is 1. The van der Waals surface area contributed by atoms with E-state index in [1.807, 2.05) is 0 Å². The van der Waals surface area contributed by atoms with Crippen LogP contribution >= 0.6 is 0 Å². The Morgan fingerprint density at radius 3 is 1.11 bits per heavy atom. The molecule has 6 nitrogen and oxygen atoms in total. The fourth-order valence-corrected chi connectivity index (χ4v) is 9.91. The fourth-order valence-electron chi connectivity index (χ4n) is 9.91. The lowest BCUT2D eigenvalue weighted by Gasteiger charge is -2.22. The highest BCUT2D eigenvalue weighted by molar-refractivity contribution is 5.76. The van der Waals surface area contributed by atoms with Gasteiger partial charge in [-0.05, 0) is 57.8 Å². The Bertz CT molecular complexity index is 1090. The molecule has 0 saturated carbocycles. The van der Waals surface area contributed by atoms with Crippen molar-refractivity contribution in [3.8, 4) is 0 Å². The minimum atomic E-state index is -0.670. The van der Waals surface area contributed by atoms with Crippen molar-refractivity contribution in [2.45, 2.75) is 360 Å². The van der Waals surface area contributed by atoms with Crippen molar-refractivity contribution in [1.29, 1.82) is 0 Å². The molecule has 0 radical (unpaired) electrons. The first-order valence-electron chi connectivity index (χ1n) is 31.6. The molecule has 3 N–H and O–H groups in total. The number of esters is 1. The molecule has 0 saturated heterocycles. The average molecular weight is 987 g/mol. The lowest BCUT2D eigenvalue weighted by Crippen LogP contribution is -2.45. The van der Waals surface area contributed by atoms with Crippen LogP contribution in [0.4, 0.5) is 0 Å². The van der Waals surface area contributed by atoms with Crippen LogP contribution in [0.1, 0.15) is 348 Å². The molecule has 414 valence electrons. The van der Waals surface area contributed by atoms with Gasteiger partial charge in [-0.2, -0.15) is 0 Å². The van der Waals surface area contributed by atoms with Gasteiger partial charge in [0.05, 0.1) is 25.4 Å². The van der Waals surface area contributed by atoms with Gasteiger partial charge in [-0.1, -0.05) is 301 Å². The molecule has 2 unspecified atom stereocenters. The molecule has 1 amide bonds. The van der Waals surface area contributed by atoms with E-state index >= 15 is 0 Å². The van der Waals surface area contributed by atoms with E-state index in [0.717, 1.165) is 51.4 Å². The van der Waals surface area contributed by atoms with Gasteiger partial charge in [0.15, 0.2) is 0 Å². The van der Waals surface area contributed by atoms with Gasteiger partial charge in [0.25, 0.3) is 0 Å². The third-order valence-electron chi connectivity index (χ3n) is 14.8. The van der Waals surface area contributed by atoms with Crippen molar-refractivity contribution in [2.75, 3.05) is 13.2 Å². The van der Waals surface area contributed by atoms with E-state index in [9.17, 15) is 19.8 Å². The second-order valence-corrected chi connectivity index (χ2v) is 21.7. The van der Waals surface area contributed by atoms with Crippen molar-refractivity contribution < 1.29 is 24.5 Å². The second-order valence-electron chi connectivity index (χ2n) is 21.7. The maximum absolute atomic E-state index is 12.5. The van der Waals surface area contributed by atoms with Crippen LogP contribution in [0.3, 0.4) is 0 Å². The summed E-state index contributed by atoms with van der Waals surface area (Å²) in [7, 11) is 0. The molecule has 0 bridgehead atoms. The Balaban J connectivity index is 3.41. The Labute approximate surface area is 437 Å². The molecule has 0 spiro atoms. The summed E-state index contributed by atoms with van der Waals surface area (Å²) < 4.78 is 5.49. The lowest BCUT2D eigenvalue weighted by molar-refractivity contribution is -0.143. The second kappa shape index (κ2) is 59.9. The van der Waals surface area contributed by atoms with Crippen molar-refractivity contribution >= 4 is 11.9 Å². The van der Waals surface area contributed by atoms with Gasteiger partial charge in [0.1, 0.15) is 0 Å². The number of hydrogen-bond donors (Lipinski definition) is 3. The van der Waals surface area contributed by atoms with Crippen LogP contribution in [0.2, 0.25) is 0 Å². The Morgan fingerprint density at radius 1 is 0.400 bits per heavy atom. The van der Waals surface area contributed by atoms with Gasteiger partial charge < -0.3 is 20.3 Å². The summed E-state index contributed by atoms with van der Waals surface area (Å²) >= 11 is 0. The third kappa shape index (κ3) is 55.7. The van der Waals surface area contributed by atoms with Crippen LogP contribution in [0, 0.1) is 0 Å². The summed E-state index contributed by atoms with van der Waals surface area (Å²) in [4.78, 5) is 24.6. The number of rotatable bonds is 59. The molecule has 0 aromatic heterocycles. The van der Waals surface area contributed by atoms with E-state index in [1.165, 1.54) is 263 Å². The fraction of sp³-hybridized carbons (Fsp3) is 0.906. The highest BCUT2D eigenvalue weighted by atomic mass is 16.5. The first kappa shape index (κ1) is 68.3. The zero-order valence-corrected chi connectivity index (χ0v) is 47.3. The molecule has 0 aliphatic heterocycles. The largest absolute Gasteiger partial charge is 0.466 e. The molecule has 0 aromatic carbocycles. The summed E-state index contributed by atoms with van der Waals surface area (Å²) in [6, 6.07) is -0.547. The number of carbonyl (C=O) groups is 2. The van der Waals surface area contributed by atoms with Gasteiger partial charge >= 0.3 is 5.97 Å². The van der Waals surface area contributed by atoms with Gasteiger partial charge in [-0.25, -0.2) is 0 Å². The molecule has 0 aliphatic carbocycles.